The van der Waals surface area contributed by atoms with Gasteiger partial charge in [-0.2, -0.15) is 13.2 Å². The van der Waals surface area contributed by atoms with Crippen LogP contribution in [0.4, 0.5) is 13.2 Å². The van der Waals surface area contributed by atoms with Crippen molar-refractivity contribution in [1.29, 1.82) is 0 Å². The second-order valence-corrected chi connectivity index (χ2v) is 6.05. The van der Waals surface area contributed by atoms with E-state index in [-0.39, 0.29) is 6.61 Å². The van der Waals surface area contributed by atoms with E-state index in [1.807, 2.05) is 12.1 Å². The normalized spacial score (nSPS) is 11.7. The van der Waals surface area contributed by atoms with Crippen LogP contribution in [0.2, 0.25) is 5.02 Å². The third-order valence-corrected chi connectivity index (χ3v) is 3.70. The second kappa shape index (κ2) is 7.88. The zero-order chi connectivity index (χ0) is 18.6. The predicted molar refractivity (Wildman–Crippen MR) is 89.7 cm³/mol. The lowest BCUT2D eigenvalue weighted by molar-refractivity contribution is -0.176. The Hall–Kier alpha value is -2.38. The lowest BCUT2D eigenvalue weighted by atomic mass is 10.1. The summed E-state index contributed by atoms with van der Waals surface area (Å²) in [7, 11) is 0. The van der Waals surface area contributed by atoms with E-state index in [1.165, 1.54) is 0 Å². The number of hydrogen-bond donors (Lipinski definition) is 0. The molecule has 3 aromatic rings. The lowest BCUT2D eigenvalue weighted by Gasteiger charge is -2.08. The number of alkyl halides is 3. The van der Waals surface area contributed by atoms with Gasteiger partial charge in [-0.05, 0) is 35.4 Å². The molecule has 3 rings (SSSR count). The van der Waals surface area contributed by atoms with Crippen molar-refractivity contribution in [2.75, 3.05) is 6.61 Å². The monoisotopic (exact) mass is 382 g/mol. The third-order valence-electron chi connectivity index (χ3n) is 3.44. The van der Waals surface area contributed by atoms with E-state index in [0.717, 1.165) is 5.56 Å². The number of nitrogens with zero attached hydrogens (tertiary/aromatic N) is 2. The highest BCUT2D eigenvalue weighted by atomic mass is 35.5. The highest BCUT2D eigenvalue weighted by Crippen LogP contribution is 2.22. The molecule has 0 aliphatic carbocycles. The number of ether oxygens (including phenoxy) is 1. The van der Waals surface area contributed by atoms with Crippen molar-refractivity contribution in [3.8, 4) is 11.5 Å². The van der Waals surface area contributed by atoms with Crippen LogP contribution in [0.1, 0.15) is 17.0 Å². The first-order chi connectivity index (χ1) is 12.4. The topological polar surface area (TPSA) is 48.2 Å². The van der Waals surface area contributed by atoms with Gasteiger partial charge in [0.05, 0.1) is 13.0 Å². The minimum atomic E-state index is -4.35. The molecule has 0 unspecified atom stereocenters. The third kappa shape index (κ3) is 5.31. The zero-order valence-electron chi connectivity index (χ0n) is 13.5. The molecule has 0 amide bonds. The van der Waals surface area contributed by atoms with Crippen LogP contribution in [0, 0.1) is 0 Å². The quantitative estimate of drug-likeness (QED) is 0.598. The van der Waals surface area contributed by atoms with E-state index in [2.05, 4.69) is 14.9 Å². The van der Waals surface area contributed by atoms with Gasteiger partial charge in [-0.1, -0.05) is 35.9 Å². The Balaban J connectivity index is 1.67. The van der Waals surface area contributed by atoms with Gasteiger partial charge in [0.25, 0.3) is 0 Å². The first-order valence-electron chi connectivity index (χ1n) is 7.70. The van der Waals surface area contributed by atoms with Gasteiger partial charge >= 0.3 is 6.18 Å². The van der Waals surface area contributed by atoms with E-state index < -0.39 is 12.8 Å². The van der Waals surface area contributed by atoms with Crippen molar-refractivity contribution in [1.82, 2.24) is 10.2 Å². The van der Waals surface area contributed by atoms with Crippen LogP contribution in [0.15, 0.2) is 52.9 Å². The molecular formula is C18H14ClF3N2O2. The van der Waals surface area contributed by atoms with Gasteiger partial charge in [0.1, 0.15) is 6.61 Å². The maximum absolute atomic E-state index is 12.1. The first kappa shape index (κ1) is 18.4. The maximum atomic E-state index is 12.1. The molecule has 8 heteroatoms. The van der Waals surface area contributed by atoms with Crippen LogP contribution in [0.25, 0.3) is 11.5 Å². The molecule has 0 N–H and O–H groups in total. The summed E-state index contributed by atoms with van der Waals surface area (Å²) < 4.78 is 46.7. The van der Waals surface area contributed by atoms with Crippen molar-refractivity contribution < 1.29 is 22.3 Å². The van der Waals surface area contributed by atoms with Crippen molar-refractivity contribution >= 4 is 11.6 Å². The van der Waals surface area contributed by atoms with Crippen molar-refractivity contribution in [3.05, 3.63) is 70.6 Å². The average molecular weight is 383 g/mol. The van der Waals surface area contributed by atoms with Crippen LogP contribution in [-0.4, -0.2) is 23.0 Å². The molecule has 0 bridgehead atoms. The Morgan fingerprint density at radius 2 is 1.77 bits per heavy atom. The Bertz CT molecular complexity index is 863. The van der Waals surface area contributed by atoms with Gasteiger partial charge in [0.15, 0.2) is 0 Å². The highest BCUT2D eigenvalue weighted by molar-refractivity contribution is 6.30. The van der Waals surface area contributed by atoms with Gasteiger partial charge in [-0.3, -0.25) is 0 Å². The fraction of sp³-hybridized carbons (Fsp3) is 0.222. The molecular weight excluding hydrogens is 369 g/mol. The molecule has 0 saturated carbocycles. The molecule has 0 aliphatic rings. The highest BCUT2D eigenvalue weighted by Gasteiger charge is 2.27. The van der Waals surface area contributed by atoms with E-state index >= 15 is 0 Å². The minimum Gasteiger partial charge on any atom is -0.420 e. The molecule has 0 aliphatic heterocycles. The molecule has 1 aromatic heterocycles. The fourth-order valence-electron chi connectivity index (χ4n) is 2.30. The van der Waals surface area contributed by atoms with Crippen LogP contribution in [0.3, 0.4) is 0 Å². The van der Waals surface area contributed by atoms with E-state index in [4.69, 9.17) is 16.0 Å². The maximum Gasteiger partial charge on any atom is 0.411 e. The molecule has 2 aromatic carbocycles. The summed E-state index contributed by atoms with van der Waals surface area (Å²) in [4.78, 5) is 0. The summed E-state index contributed by atoms with van der Waals surface area (Å²) >= 11 is 5.85. The average Bonchev–Trinajstić information content (AvgIpc) is 3.05. The molecule has 0 fully saturated rings. The van der Waals surface area contributed by atoms with E-state index in [9.17, 15) is 13.2 Å². The Morgan fingerprint density at radius 1 is 1.00 bits per heavy atom. The van der Waals surface area contributed by atoms with Gasteiger partial charge in [0, 0.05) is 10.6 Å². The molecule has 0 saturated heterocycles. The smallest absolute Gasteiger partial charge is 0.411 e. The molecule has 0 atom stereocenters. The number of rotatable bonds is 6. The second-order valence-electron chi connectivity index (χ2n) is 5.61. The van der Waals surface area contributed by atoms with Crippen molar-refractivity contribution in [2.24, 2.45) is 0 Å². The first-order valence-corrected chi connectivity index (χ1v) is 8.07. The summed E-state index contributed by atoms with van der Waals surface area (Å²) in [5.74, 6) is 0.729. The fourth-order valence-corrected chi connectivity index (χ4v) is 2.42. The van der Waals surface area contributed by atoms with Crippen LogP contribution < -0.4 is 0 Å². The largest absolute Gasteiger partial charge is 0.420 e. The van der Waals surface area contributed by atoms with Crippen molar-refractivity contribution in [2.45, 2.75) is 19.2 Å². The van der Waals surface area contributed by atoms with Gasteiger partial charge in [0.2, 0.25) is 11.8 Å². The Morgan fingerprint density at radius 3 is 2.50 bits per heavy atom. The minimum absolute atomic E-state index is 0.154. The summed E-state index contributed by atoms with van der Waals surface area (Å²) in [5, 5.41) is 8.65. The number of aromatic nitrogens is 2. The Kier molecular flexibility index (Phi) is 5.58. The van der Waals surface area contributed by atoms with E-state index in [0.29, 0.717) is 34.4 Å². The van der Waals surface area contributed by atoms with Gasteiger partial charge in [-0.15, -0.1) is 10.2 Å². The molecule has 4 nitrogen and oxygen atoms in total. The van der Waals surface area contributed by atoms with Gasteiger partial charge in [-0.25, -0.2) is 0 Å². The summed E-state index contributed by atoms with van der Waals surface area (Å²) in [6.07, 6.45) is -3.89. The molecule has 0 spiro atoms. The van der Waals surface area contributed by atoms with Gasteiger partial charge < -0.3 is 9.15 Å². The van der Waals surface area contributed by atoms with Crippen LogP contribution in [0.5, 0.6) is 0 Å². The molecule has 1 heterocycles. The standard InChI is InChI=1S/C18H14ClF3N2O2/c19-15-6-4-12(5-7-15)9-16-23-24-17(26-16)14-3-1-2-13(8-14)10-25-11-18(20,21)22/h1-8H,9-11H2. The molecule has 136 valence electrons. The summed E-state index contributed by atoms with van der Waals surface area (Å²) in [6, 6.07) is 14.1. The summed E-state index contributed by atoms with van der Waals surface area (Å²) in [5.41, 5.74) is 2.18. The number of benzene rings is 2. The Labute approximate surface area is 152 Å². The number of hydrogen-bond acceptors (Lipinski definition) is 4. The lowest BCUT2D eigenvalue weighted by Crippen LogP contribution is -2.16. The molecule has 26 heavy (non-hydrogen) atoms. The van der Waals surface area contributed by atoms with E-state index in [1.54, 1.807) is 36.4 Å². The van der Waals surface area contributed by atoms with Crippen LogP contribution in [-0.2, 0) is 17.8 Å². The molecule has 0 radical (unpaired) electrons. The summed E-state index contributed by atoms with van der Waals surface area (Å²) in [6.45, 7) is -1.44. The number of halogens is 4. The van der Waals surface area contributed by atoms with Crippen molar-refractivity contribution in [3.63, 3.8) is 0 Å². The predicted octanol–water partition coefficient (Wildman–Crippen LogP) is 5.06. The van der Waals surface area contributed by atoms with Crippen LogP contribution >= 0.6 is 11.6 Å². The SMILES string of the molecule is FC(F)(F)COCc1cccc(-c2nnc(Cc3ccc(Cl)cc3)o2)c1. The zero-order valence-corrected chi connectivity index (χ0v) is 14.2.